The number of aryl methyl sites for hydroxylation is 1. The van der Waals surface area contributed by atoms with Crippen molar-refractivity contribution in [2.75, 3.05) is 23.7 Å². The minimum atomic E-state index is -1.02. The summed E-state index contributed by atoms with van der Waals surface area (Å²) in [6.07, 6.45) is 7.40. The van der Waals surface area contributed by atoms with E-state index in [0.717, 1.165) is 49.0 Å². The van der Waals surface area contributed by atoms with Crippen molar-refractivity contribution < 1.29 is 38.0 Å². The molecule has 1 saturated heterocycles. The second-order valence-corrected chi connectivity index (χ2v) is 15.3. The molecule has 1 atom stereocenters. The number of carbonyl (C=O) groups excluding carboxylic acids is 7. The SMILES string of the molecule is Cc1[nH]c(C=C2C(=O)Nc3ccc(F)cc32)c(C)c1C(=O)NCCCCCCCCNC(=O)c1ccc(CNc2ccc3c(c2)C(=O)N(C2CCC(=O)NC2=O)C3=O)cc1. The Hall–Kier alpha value is -6.90. The Morgan fingerprint density at radius 2 is 1.47 bits per heavy atom. The van der Waals surface area contributed by atoms with Crippen LogP contribution in [0.3, 0.4) is 0 Å². The Morgan fingerprint density at radius 3 is 2.18 bits per heavy atom. The number of unbranched alkanes of at least 4 members (excludes halogenated alkanes) is 5. The number of H-pyrrole nitrogens is 1. The molecule has 60 heavy (non-hydrogen) atoms. The van der Waals surface area contributed by atoms with Crippen LogP contribution in [0.1, 0.15) is 121 Å². The zero-order chi connectivity index (χ0) is 42.5. The van der Waals surface area contributed by atoms with Crippen LogP contribution in [0.25, 0.3) is 11.6 Å². The molecule has 0 radical (unpaired) electrons. The molecule has 310 valence electrons. The number of nitrogens with zero attached hydrogens (tertiary/aromatic N) is 1. The lowest BCUT2D eigenvalue weighted by atomic mass is 10.0. The van der Waals surface area contributed by atoms with Gasteiger partial charge in [-0.1, -0.05) is 37.8 Å². The quantitative estimate of drug-likeness (QED) is 0.0465. The third-order valence-electron chi connectivity index (χ3n) is 11.1. The number of fused-ring (bicyclic) bond motifs is 2. The Bertz CT molecular complexity index is 2440. The third-order valence-corrected chi connectivity index (χ3v) is 11.1. The molecule has 4 heterocycles. The highest BCUT2D eigenvalue weighted by Crippen LogP contribution is 2.35. The number of aromatic amines is 1. The van der Waals surface area contributed by atoms with E-state index in [1.54, 1.807) is 36.4 Å². The van der Waals surface area contributed by atoms with Crippen molar-refractivity contribution in [1.29, 1.82) is 0 Å². The van der Waals surface area contributed by atoms with E-state index in [-0.39, 0.29) is 41.7 Å². The van der Waals surface area contributed by atoms with Gasteiger partial charge in [0.2, 0.25) is 11.8 Å². The fraction of sp³-hybridized carbons (Fsp3) is 0.311. The molecule has 1 fully saturated rings. The van der Waals surface area contributed by atoms with Gasteiger partial charge in [0.1, 0.15) is 11.9 Å². The zero-order valence-corrected chi connectivity index (χ0v) is 33.4. The van der Waals surface area contributed by atoms with Crippen molar-refractivity contribution in [3.63, 3.8) is 0 Å². The lowest BCUT2D eigenvalue weighted by molar-refractivity contribution is -0.136. The number of halogens is 1. The number of piperidine rings is 1. The molecule has 6 N–H and O–H groups in total. The summed E-state index contributed by atoms with van der Waals surface area (Å²) < 4.78 is 13.9. The van der Waals surface area contributed by atoms with E-state index in [4.69, 9.17) is 0 Å². The van der Waals surface area contributed by atoms with E-state index in [1.807, 2.05) is 26.0 Å². The first-order chi connectivity index (χ1) is 28.9. The van der Waals surface area contributed by atoms with Gasteiger partial charge in [-0.3, -0.25) is 43.8 Å². The van der Waals surface area contributed by atoms with E-state index in [0.29, 0.717) is 70.2 Å². The number of nitrogens with one attached hydrogen (secondary N) is 6. The average molecular weight is 816 g/mol. The molecule has 0 bridgehead atoms. The predicted molar refractivity (Wildman–Crippen MR) is 222 cm³/mol. The second-order valence-electron chi connectivity index (χ2n) is 15.3. The van der Waals surface area contributed by atoms with Gasteiger partial charge in [-0.25, -0.2) is 4.39 Å². The topological polar surface area (TPSA) is 199 Å². The number of hydrogen-bond donors (Lipinski definition) is 6. The van der Waals surface area contributed by atoms with E-state index >= 15 is 0 Å². The highest BCUT2D eigenvalue weighted by molar-refractivity contribution is 6.35. The van der Waals surface area contributed by atoms with Crippen LogP contribution < -0.4 is 26.6 Å². The summed E-state index contributed by atoms with van der Waals surface area (Å²) in [5.41, 5.74) is 6.37. The van der Waals surface area contributed by atoms with Crippen LogP contribution in [0.4, 0.5) is 15.8 Å². The molecule has 1 aromatic heterocycles. The van der Waals surface area contributed by atoms with Crippen LogP contribution in [-0.2, 0) is 20.9 Å². The van der Waals surface area contributed by atoms with Gasteiger partial charge in [-0.15, -0.1) is 0 Å². The highest BCUT2D eigenvalue weighted by Gasteiger charge is 2.44. The van der Waals surface area contributed by atoms with Crippen LogP contribution in [0, 0.1) is 19.7 Å². The zero-order valence-electron chi connectivity index (χ0n) is 33.4. The van der Waals surface area contributed by atoms with Crippen LogP contribution in [0.15, 0.2) is 60.7 Å². The lowest BCUT2D eigenvalue weighted by Gasteiger charge is -2.27. The third kappa shape index (κ3) is 8.89. The smallest absolute Gasteiger partial charge is 0.262 e. The molecule has 7 rings (SSSR count). The fourth-order valence-corrected chi connectivity index (χ4v) is 7.82. The van der Waals surface area contributed by atoms with E-state index in [2.05, 4.69) is 31.6 Å². The number of imide groups is 2. The molecule has 3 aliphatic rings. The van der Waals surface area contributed by atoms with Crippen LogP contribution in [-0.4, -0.2) is 70.4 Å². The van der Waals surface area contributed by atoms with Gasteiger partial charge in [0, 0.05) is 59.9 Å². The molecule has 0 saturated carbocycles. The van der Waals surface area contributed by atoms with Crippen molar-refractivity contribution in [3.8, 4) is 0 Å². The molecule has 0 spiro atoms. The molecule has 3 aliphatic heterocycles. The Morgan fingerprint density at radius 1 is 0.783 bits per heavy atom. The van der Waals surface area contributed by atoms with Gasteiger partial charge < -0.3 is 26.3 Å². The number of rotatable bonds is 16. The molecule has 3 aromatic carbocycles. The molecule has 1 unspecified atom stereocenters. The Balaban J connectivity index is 0.768. The number of hydrogen-bond acceptors (Lipinski definition) is 8. The van der Waals surface area contributed by atoms with Crippen molar-refractivity contribution in [2.24, 2.45) is 0 Å². The average Bonchev–Trinajstić information content (AvgIpc) is 3.79. The molecule has 15 heteroatoms. The van der Waals surface area contributed by atoms with Crippen LogP contribution in [0.2, 0.25) is 0 Å². The summed E-state index contributed by atoms with van der Waals surface area (Å²) in [6.45, 7) is 5.12. The van der Waals surface area contributed by atoms with Gasteiger partial charge in [0.25, 0.3) is 29.5 Å². The highest BCUT2D eigenvalue weighted by atomic mass is 19.1. The largest absolute Gasteiger partial charge is 0.381 e. The number of carbonyl (C=O) groups is 7. The normalized spacial score (nSPS) is 16.4. The molecular weight excluding hydrogens is 770 g/mol. The monoisotopic (exact) mass is 815 g/mol. The Labute approximate surface area is 345 Å². The van der Waals surface area contributed by atoms with Gasteiger partial charge in [0.05, 0.1) is 22.3 Å². The first-order valence-electron chi connectivity index (χ1n) is 20.2. The number of amides is 7. The maximum absolute atomic E-state index is 13.9. The fourth-order valence-electron chi connectivity index (χ4n) is 7.82. The number of aromatic nitrogens is 1. The summed E-state index contributed by atoms with van der Waals surface area (Å²) in [7, 11) is 0. The van der Waals surface area contributed by atoms with Gasteiger partial charge in [-0.2, -0.15) is 0 Å². The summed E-state index contributed by atoms with van der Waals surface area (Å²) in [5.74, 6) is -3.32. The molecule has 7 amide bonds. The molecule has 0 aliphatic carbocycles. The Kier molecular flexibility index (Phi) is 12.3. The summed E-state index contributed by atoms with van der Waals surface area (Å²) >= 11 is 0. The number of benzene rings is 3. The summed E-state index contributed by atoms with van der Waals surface area (Å²) in [6, 6.07) is 15.1. The van der Waals surface area contributed by atoms with Gasteiger partial charge >= 0.3 is 0 Å². The first kappa shape index (κ1) is 41.3. The minimum Gasteiger partial charge on any atom is -0.381 e. The van der Waals surface area contributed by atoms with Gasteiger partial charge in [-0.05, 0) is 98.8 Å². The van der Waals surface area contributed by atoms with E-state index in [1.165, 1.54) is 18.2 Å². The van der Waals surface area contributed by atoms with Gasteiger partial charge in [0.15, 0.2) is 0 Å². The number of anilines is 2. The standard InChI is InChI=1S/C45H46FN7O7/c1-25-36(23-33-32-21-29(46)13-16-35(32)51-41(33)56)50-26(2)39(25)43(58)48-20-8-6-4-3-5-7-19-47-40(55)28-11-9-27(10-12-28)24-49-30-14-15-31-34(22-30)45(60)53(44(31)59)37-17-18-38(54)52-42(37)57/h9-16,21-23,37,49-50H,3-8,17-20,24H2,1-2H3,(H,47,55)(H,48,58)(H,51,56)(H,52,54,57). The summed E-state index contributed by atoms with van der Waals surface area (Å²) in [5, 5.41) is 14.1. The molecular formula is C45H46FN7O7. The van der Waals surface area contributed by atoms with Crippen molar-refractivity contribution in [2.45, 2.75) is 77.8 Å². The maximum atomic E-state index is 13.9. The van der Waals surface area contributed by atoms with Crippen molar-refractivity contribution in [3.05, 3.63) is 117 Å². The van der Waals surface area contributed by atoms with E-state index in [9.17, 15) is 38.0 Å². The second kappa shape index (κ2) is 17.9. The molecule has 14 nitrogen and oxygen atoms in total. The van der Waals surface area contributed by atoms with Crippen molar-refractivity contribution >= 4 is 64.4 Å². The first-order valence-corrected chi connectivity index (χ1v) is 20.2. The van der Waals surface area contributed by atoms with Crippen molar-refractivity contribution in [1.82, 2.24) is 25.8 Å². The van der Waals surface area contributed by atoms with Crippen LogP contribution >= 0.6 is 0 Å². The predicted octanol–water partition coefficient (Wildman–Crippen LogP) is 5.78. The maximum Gasteiger partial charge on any atom is 0.262 e. The van der Waals surface area contributed by atoms with Crippen LogP contribution in [0.5, 0.6) is 0 Å². The minimum absolute atomic E-state index is 0.0539. The lowest BCUT2D eigenvalue weighted by Crippen LogP contribution is -2.54. The molecule has 4 aromatic rings. The summed E-state index contributed by atoms with van der Waals surface area (Å²) in [4.78, 5) is 92.4. The van der Waals surface area contributed by atoms with E-state index < -0.39 is 35.5 Å².